The molecule has 0 bridgehead atoms. The molecule has 0 aliphatic carbocycles. The van der Waals surface area contributed by atoms with Crippen LogP contribution < -0.4 is 0 Å². The fraction of sp³-hybridized carbons (Fsp3) is 0.417. The fourth-order valence-electron chi connectivity index (χ4n) is 4.04. The standard InChI is InChI=1S/C24H29N3O6/c1-13(2)32-24(30)20-15(4)27(10-11-31-6)14(3)19(23(28)29)21(20)17-8-7-9-18(12-17)22-26-25-16(5)33-22/h7-9,12-13,21H,10-11H2,1-6H3,(H,28,29). The van der Waals surface area contributed by atoms with Crippen molar-refractivity contribution in [3.05, 3.63) is 58.3 Å². The molecule has 2 heterocycles. The molecule has 0 amide bonds. The summed E-state index contributed by atoms with van der Waals surface area (Å²) >= 11 is 0. The van der Waals surface area contributed by atoms with Gasteiger partial charge in [0.25, 0.3) is 0 Å². The summed E-state index contributed by atoms with van der Waals surface area (Å²) in [7, 11) is 1.57. The number of hydrogen-bond donors (Lipinski definition) is 1. The van der Waals surface area contributed by atoms with Gasteiger partial charge in [-0.05, 0) is 45.4 Å². The van der Waals surface area contributed by atoms with Crippen molar-refractivity contribution in [2.24, 2.45) is 0 Å². The maximum Gasteiger partial charge on any atom is 0.337 e. The Bertz CT molecular complexity index is 1110. The molecule has 176 valence electrons. The molecule has 33 heavy (non-hydrogen) atoms. The number of rotatable bonds is 8. The van der Waals surface area contributed by atoms with Gasteiger partial charge >= 0.3 is 11.9 Å². The first-order valence-electron chi connectivity index (χ1n) is 10.7. The van der Waals surface area contributed by atoms with Gasteiger partial charge in [0.05, 0.1) is 29.8 Å². The van der Waals surface area contributed by atoms with E-state index in [1.807, 2.05) is 0 Å². The molecule has 0 fully saturated rings. The van der Waals surface area contributed by atoms with E-state index in [4.69, 9.17) is 13.9 Å². The van der Waals surface area contributed by atoms with Crippen LogP contribution in [0.15, 0.2) is 51.2 Å². The molecule has 3 rings (SSSR count). The highest BCUT2D eigenvalue weighted by Crippen LogP contribution is 2.43. The quantitative estimate of drug-likeness (QED) is 0.595. The van der Waals surface area contributed by atoms with Crippen LogP contribution in [0.25, 0.3) is 11.5 Å². The van der Waals surface area contributed by atoms with Crippen molar-refractivity contribution in [1.29, 1.82) is 0 Å². The molecule has 1 aliphatic rings. The lowest BCUT2D eigenvalue weighted by molar-refractivity contribution is -0.143. The number of allylic oxidation sites excluding steroid dienone is 2. The van der Waals surface area contributed by atoms with Gasteiger partial charge in [0.1, 0.15) is 0 Å². The highest BCUT2D eigenvalue weighted by atomic mass is 16.5. The zero-order valence-electron chi connectivity index (χ0n) is 19.7. The van der Waals surface area contributed by atoms with Crippen LogP contribution in [-0.4, -0.2) is 58.5 Å². The van der Waals surface area contributed by atoms with Crippen molar-refractivity contribution in [3.8, 4) is 11.5 Å². The highest BCUT2D eigenvalue weighted by molar-refractivity contribution is 5.99. The second kappa shape index (κ2) is 9.99. The lowest BCUT2D eigenvalue weighted by atomic mass is 9.79. The molecular formula is C24H29N3O6. The Morgan fingerprint density at radius 3 is 2.42 bits per heavy atom. The number of benzene rings is 1. The third-order valence-corrected chi connectivity index (χ3v) is 5.47. The number of carboxylic acids is 1. The Hall–Kier alpha value is -3.46. The number of esters is 1. The first kappa shape index (κ1) is 24.2. The van der Waals surface area contributed by atoms with E-state index in [-0.39, 0.29) is 17.3 Å². The minimum Gasteiger partial charge on any atom is -0.478 e. The number of aliphatic carboxylic acids is 1. The minimum absolute atomic E-state index is 0.103. The first-order valence-corrected chi connectivity index (χ1v) is 10.7. The maximum absolute atomic E-state index is 13.3. The van der Waals surface area contributed by atoms with Gasteiger partial charge in [0, 0.05) is 37.5 Å². The predicted octanol–water partition coefficient (Wildman–Crippen LogP) is 3.67. The number of carbonyl (C=O) groups excluding carboxylic acids is 1. The molecule has 1 aromatic heterocycles. The van der Waals surface area contributed by atoms with Crippen LogP contribution >= 0.6 is 0 Å². The summed E-state index contributed by atoms with van der Waals surface area (Å²) in [5.41, 5.74) is 2.80. The van der Waals surface area contributed by atoms with Crippen molar-refractivity contribution in [3.63, 3.8) is 0 Å². The average molecular weight is 456 g/mol. The van der Waals surface area contributed by atoms with Crippen molar-refractivity contribution in [1.82, 2.24) is 15.1 Å². The summed E-state index contributed by atoms with van der Waals surface area (Å²) < 4.78 is 16.3. The van der Waals surface area contributed by atoms with E-state index in [9.17, 15) is 14.7 Å². The number of methoxy groups -OCH3 is 1. The number of ether oxygens (including phenoxy) is 2. The maximum atomic E-state index is 13.3. The third-order valence-electron chi connectivity index (χ3n) is 5.47. The van der Waals surface area contributed by atoms with E-state index >= 15 is 0 Å². The van der Waals surface area contributed by atoms with Gasteiger partial charge in [-0.1, -0.05) is 12.1 Å². The molecule has 1 unspecified atom stereocenters. The molecule has 1 aromatic carbocycles. The molecule has 1 N–H and O–H groups in total. The van der Waals surface area contributed by atoms with Gasteiger partial charge in [-0.3, -0.25) is 0 Å². The first-order chi connectivity index (χ1) is 15.6. The van der Waals surface area contributed by atoms with E-state index in [0.29, 0.717) is 47.5 Å². The number of aromatic nitrogens is 2. The van der Waals surface area contributed by atoms with E-state index < -0.39 is 17.9 Å². The summed E-state index contributed by atoms with van der Waals surface area (Å²) in [5.74, 6) is -1.77. The number of nitrogens with zero attached hydrogens (tertiary/aromatic N) is 3. The van der Waals surface area contributed by atoms with Gasteiger partial charge in [-0.2, -0.15) is 0 Å². The van der Waals surface area contributed by atoms with Crippen molar-refractivity contribution < 1.29 is 28.6 Å². The fourth-order valence-corrected chi connectivity index (χ4v) is 4.04. The van der Waals surface area contributed by atoms with Crippen LogP contribution in [0, 0.1) is 6.92 Å². The zero-order chi connectivity index (χ0) is 24.3. The lowest BCUT2D eigenvalue weighted by Crippen LogP contribution is -2.36. The van der Waals surface area contributed by atoms with Crippen molar-refractivity contribution >= 4 is 11.9 Å². The third kappa shape index (κ3) is 4.98. The normalized spacial score (nSPS) is 16.6. The number of aryl methyl sites for hydroxylation is 1. The van der Waals surface area contributed by atoms with E-state index in [1.54, 1.807) is 70.9 Å². The molecule has 1 atom stereocenters. The molecule has 1 aliphatic heterocycles. The largest absolute Gasteiger partial charge is 0.478 e. The molecule has 0 saturated heterocycles. The van der Waals surface area contributed by atoms with Gasteiger partial charge in [-0.15, -0.1) is 10.2 Å². The monoisotopic (exact) mass is 455 g/mol. The van der Waals surface area contributed by atoms with Crippen LogP contribution in [0.4, 0.5) is 0 Å². The van der Waals surface area contributed by atoms with Gasteiger partial charge < -0.3 is 23.9 Å². The lowest BCUT2D eigenvalue weighted by Gasteiger charge is -2.37. The Balaban J connectivity index is 2.21. The predicted molar refractivity (Wildman–Crippen MR) is 120 cm³/mol. The Kier molecular flexibility index (Phi) is 7.33. The highest BCUT2D eigenvalue weighted by Gasteiger charge is 2.40. The van der Waals surface area contributed by atoms with Crippen molar-refractivity contribution in [2.45, 2.75) is 46.6 Å². The molecule has 0 spiro atoms. The average Bonchev–Trinajstić information content (AvgIpc) is 3.18. The summed E-state index contributed by atoms with van der Waals surface area (Å²) in [5, 5.41) is 18.1. The SMILES string of the molecule is COCCN1C(C)=C(C(=O)O)C(c2cccc(-c3nnc(C)o3)c2)C(C(=O)OC(C)C)=C1C. The molecular weight excluding hydrogens is 426 g/mol. The number of carboxylic acid groups (broad SMARTS) is 1. The van der Waals surface area contributed by atoms with Gasteiger partial charge in [-0.25, -0.2) is 9.59 Å². The topological polar surface area (TPSA) is 115 Å². The summed E-state index contributed by atoms with van der Waals surface area (Å²) in [4.78, 5) is 27.5. The van der Waals surface area contributed by atoms with Crippen LogP contribution in [0.1, 0.15) is 45.1 Å². The Morgan fingerprint density at radius 2 is 1.85 bits per heavy atom. The second-order valence-corrected chi connectivity index (χ2v) is 8.09. The van der Waals surface area contributed by atoms with Crippen molar-refractivity contribution in [2.75, 3.05) is 20.3 Å². The van der Waals surface area contributed by atoms with Crippen LogP contribution in [0.2, 0.25) is 0 Å². The Morgan fingerprint density at radius 1 is 1.15 bits per heavy atom. The van der Waals surface area contributed by atoms with Gasteiger partial charge in [0.15, 0.2) is 0 Å². The molecule has 9 heteroatoms. The van der Waals surface area contributed by atoms with Crippen LogP contribution in [0.3, 0.4) is 0 Å². The number of carbonyl (C=O) groups is 2. The second-order valence-electron chi connectivity index (χ2n) is 8.09. The number of hydrogen-bond acceptors (Lipinski definition) is 8. The van der Waals surface area contributed by atoms with E-state index in [2.05, 4.69) is 10.2 Å². The summed E-state index contributed by atoms with van der Waals surface area (Å²) in [6, 6.07) is 7.13. The van der Waals surface area contributed by atoms with Crippen LogP contribution in [0.5, 0.6) is 0 Å². The van der Waals surface area contributed by atoms with E-state index in [0.717, 1.165) is 0 Å². The zero-order valence-corrected chi connectivity index (χ0v) is 19.7. The smallest absolute Gasteiger partial charge is 0.337 e. The molecule has 9 nitrogen and oxygen atoms in total. The van der Waals surface area contributed by atoms with Gasteiger partial charge in [0.2, 0.25) is 11.8 Å². The van der Waals surface area contributed by atoms with Crippen LogP contribution in [-0.2, 0) is 19.1 Å². The summed E-state index contributed by atoms with van der Waals surface area (Å²) in [6.45, 7) is 9.51. The van der Waals surface area contributed by atoms with E-state index in [1.165, 1.54) is 0 Å². The Labute approximate surface area is 192 Å². The summed E-state index contributed by atoms with van der Waals surface area (Å²) in [6.07, 6.45) is -0.362. The molecule has 0 radical (unpaired) electrons. The molecule has 0 saturated carbocycles. The molecule has 2 aromatic rings. The minimum atomic E-state index is -1.11.